The third kappa shape index (κ3) is 5.90. The molecule has 2 N–H and O–H groups in total. The van der Waals surface area contributed by atoms with Crippen LogP contribution in [0, 0.1) is 0 Å². The zero-order valence-corrected chi connectivity index (χ0v) is 15.7. The summed E-state index contributed by atoms with van der Waals surface area (Å²) in [7, 11) is 0. The molecule has 1 fully saturated rings. The van der Waals surface area contributed by atoms with Crippen LogP contribution in [0.25, 0.3) is 0 Å². The Balaban J connectivity index is 1.54. The minimum absolute atomic E-state index is 0.109. The molecule has 1 aliphatic rings. The first-order chi connectivity index (χ1) is 13.1. The monoisotopic (exact) mass is 395 g/mol. The number of likely N-dealkylation sites (tertiary alicyclic amines) is 1. The number of furan rings is 1. The molecule has 0 aliphatic carbocycles. The Labute approximate surface area is 162 Å². The normalized spacial score (nSPS) is 16.1. The maximum atomic E-state index is 12.2. The molecule has 0 radical (unpaired) electrons. The molecule has 1 aliphatic heterocycles. The van der Waals surface area contributed by atoms with Crippen molar-refractivity contribution >= 4 is 23.0 Å². The number of nitrogens with zero attached hydrogens (tertiary/aromatic N) is 1. The van der Waals surface area contributed by atoms with Gasteiger partial charge in [0.15, 0.2) is 5.11 Å². The molecule has 1 aromatic heterocycles. The van der Waals surface area contributed by atoms with Crippen LogP contribution >= 0.6 is 12.2 Å². The topological polar surface area (TPSA) is 49.7 Å². The highest BCUT2D eigenvalue weighted by molar-refractivity contribution is 7.80. The lowest BCUT2D eigenvalue weighted by atomic mass is 10.1. The molecule has 1 aromatic carbocycles. The molecular weight excluding hydrogens is 372 g/mol. The van der Waals surface area contributed by atoms with E-state index in [1.54, 1.807) is 18.4 Å². The summed E-state index contributed by atoms with van der Waals surface area (Å²) in [6.45, 7) is -0.135. The van der Waals surface area contributed by atoms with Gasteiger partial charge < -0.3 is 19.8 Å². The average molecular weight is 395 g/mol. The molecule has 1 saturated heterocycles. The van der Waals surface area contributed by atoms with Crippen molar-refractivity contribution in [2.45, 2.75) is 31.9 Å². The summed E-state index contributed by atoms with van der Waals surface area (Å²) in [4.78, 5) is 2.41. The summed E-state index contributed by atoms with van der Waals surface area (Å²) in [5.41, 5.74) is 0.696. The quantitative estimate of drug-likeness (QED) is 0.678. The van der Waals surface area contributed by atoms with E-state index in [1.165, 1.54) is 31.4 Å². The summed E-state index contributed by atoms with van der Waals surface area (Å²) in [5, 5.41) is 6.75. The van der Waals surface area contributed by atoms with Crippen LogP contribution in [0.4, 0.5) is 14.5 Å². The molecule has 27 heavy (non-hydrogen) atoms. The standard InChI is InChI=1S/C19H23F2N3O2S/c20-18(21)26-15-8-6-14(7-9-15)23-19(27)22-13-16(17-5-4-12-25-17)24-10-2-1-3-11-24/h4-9,12,16,18H,1-3,10-11,13H2,(H2,22,23,27)/t16-/m1/s1. The summed E-state index contributed by atoms with van der Waals surface area (Å²) in [5.74, 6) is 1.03. The molecule has 146 valence electrons. The van der Waals surface area contributed by atoms with Gasteiger partial charge >= 0.3 is 6.61 Å². The van der Waals surface area contributed by atoms with Crippen molar-refractivity contribution in [1.29, 1.82) is 0 Å². The van der Waals surface area contributed by atoms with E-state index < -0.39 is 6.61 Å². The Bertz CT molecular complexity index is 704. The minimum atomic E-state index is -2.83. The number of piperidine rings is 1. The fourth-order valence-electron chi connectivity index (χ4n) is 3.20. The first-order valence-corrected chi connectivity index (χ1v) is 9.40. The number of anilines is 1. The number of rotatable bonds is 7. The Morgan fingerprint density at radius 2 is 1.89 bits per heavy atom. The summed E-state index contributed by atoms with van der Waals surface area (Å²) in [6, 6.07) is 10.2. The van der Waals surface area contributed by atoms with Gasteiger partial charge in [-0.25, -0.2) is 0 Å². The Morgan fingerprint density at radius 1 is 1.15 bits per heavy atom. The van der Waals surface area contributed by atoms with E-state index in [0.717, 1.165) is 18.8 Å². The van der Waals surface area contributed by atoms with Crippen molar-refractivity contribution in [3.63, 3.8) is 0 Å². The second kappa shape index (κ2) is 9.66. The molecular formula is C19H23F2N3O2S. The smallest absolute Gasteiger partial charge is 0.387 e. The van der Waals surface area contributed by atoms with E-state index in [9.17, 15) is 8.78 Å². The molecule has 0 unspecified atom stereocenters. The van der Waals surface area contributed by atoms with Crippen LogP contribution in [0.5, 0.6) is 5.75 Å². The minimum Gasteiger partial charge on any atom is -0.468 e. The van der Waals surface area contributed by atoms with E-state index in [-0.39, 0.29) is 11.8 Å². The Hall–Kier alpha value is -2.19. The van der Waals surface area contributed by atoms with Gasteiger partial charge in [-0.1, -0.05) is 6.42 Å². The molecule has 1 atom stereocenters. The average Bonchev–Trinajstić information content (AvgIpc) is 3.18. The lowest BCUT2D eigenvalue weighted by Gasteiger charge is -2.33. The highest BCUT2D eigenvalue weighted by atomic mass is 32.1. The molecule has 2 heterocycles. The van der Waals surface area contributed by atoms with Gasteiger partial charge in [-0.2, -0.15) is 8.78 Å². The first-order valence-electron chi connectivity index (χ1n) is 8.99. The second-order valence-electron chi connectivity index (χ2n) is 6.37. The van der Waals surface area contributed by atoms with Crippen LogP contribution in [0.2, 0.25) is 0 Å². The van der Waals surface area contributed by atoms with E-state index >= 15 is 0 Å². The molecule has 8 heteroatoms. The van der Waals surface area contributed by atoms with Crippen LogP contribution in [0.15, 0.2) is 47.1 Å². The number of halogens is 2. The van der Waals surface area contributed by atoms with Crippen molar-refractivity contribution in [1.82, 2.24) is 10.2 Å². The fourth-order valence-corrected chi connectivity index (χ4v) is 3.41. The van der Waals surface area contributed by atoms with Gasteiger partial charge in [-0.05, 0) is 74.5 Å². The van der Waals surface area contributed by atoms with Crippen molar-refractivity contribution in [3.05, 3.63) is 48.4 Å². The lowest BCUT2D eigenvalue weighted by molar-refractivity contribution is -0.0498. The molecule has 0 bridgehead atoms. The maximum absolute atomic E-state index is 12.2. The first kappa shape index (κ1) is 19.6. The number of thiocarbonyl (C=S) groups is 1. The summed E-state index contributed by atoms with van der Waals surface area (Å²) < 4.78 is 34.4. The van der Waals surface area contributed by atoms with Crippen molar-refractivity contribution in [2.24, 2.45) is 0 Å². The summed E-state index contributed by atoms with van der Waals surface area (Å²) >= 11 is 5.37. The second-order valence-corrected chi connectivity index (χ2v) is 6.77. The van der Waals surface area contributed by atoms with E-state index in [1.807, 2.05) is 12.1 Å². The van der Waals surface area contributed by atoms with Crippen LogP contribution in [0.1, 0.15) is 31.1 Å². The van der Waals surface area contributed by atoms with Crippen LogP contribution in [-0.2, 0) is 0 Å². The van der Waals surface area contributed by atoms with Gasteiger partial charge in [0.2, 0.25) is 0 Å². The van der Waals surface area contributed by atoms with E-state index in [2.05, 4.69) is 20.3 Å². The van der Waals surface area contributed by atoms with Gasteiger partial charge in [0, 0.05) is 12.2 Å². The van der Waals surface area contributed by atoms with Gasteiger partial charge in [0.25, 0.3) is 0 Å². The predicted molar refractivity (Wildman–Crippen MR) is 104 cm³/mol. The zero-order valence-electron chi connectivity index (χ0n) is 14.9. The van der Waals surface area contributed by atoms with Gasteiger partial charge in [-0.15, -0.1) is 0 Å². The summed E-state index contributed by atoms with van der Waals surface area (Å²) in [6.07, 6.45) is 5.33. The number of nitrogens with one attached hydrogen (secondary N) is 2. The van der Waals surface area contributed by atoms with Crippen LogP contribution in [0.3, 0.4) is 0 Å². The highest BCUT2D eigenvalue weighted by Crippen LogP contribution is 2.24. The maximum Gasteiger partial charge on any atom is 0.387 e. The number of benzene rings is 1. The Morgan fingerprint density at radius 3 is 2.52 bits per heavy atom. The van der Waals surface area contributed by atoms with Crippen molar-refractivity contribution < 1.29 is 17.9 Å². The fraction of sp³-hybridized carbons (Fsp3) is 0.421. The largest absolute Gasteiger partial charge is 0.468 e. The molecule has 0 spiro atoms. The third-order valence-corrected chi connectivity index (χ3v) is 4.74. The molecule has 0 saturated carbocycles. The van der Waals surface area contributed by atoms with Gasteiger partial charge in [-0.3, -0.25) is 4.90 Å². The SMILES string of the molecule is FC(F)Oc1ccc(NC(=S)NC[C@H](c2ccco2)N2CCCCC2)cc1. The Kier molecular flexibility index (Phi) is 7.00. The number of hydrogen-bond acceptors (Lipinski definition) is 4. The number of ether oxygens (including phenoxy) is 1. The molecule has 5 nitrogen and oxygen atoms in total. The molecule has 2 aromatic rings. The molecule has 0 amide bonds. The lowest BCUT2D eigenvalue weighted by Crippen LogP contribution is -2.41. The van der Waals surface area contributed by atoms with Gasteiger partial charge in [0.05, 0.1) is 12.3 Å². The van der Waals surface area contributed by atoms with Crippen LogP contribution in [-0.4, -0.2) is 36.3 Å². The predicted octanol–water partition coefficient (Wildman–Crippen LogP) is 4.39. The number of hydrogen-bond donors (Lipinski definition) is 2. The highest BCUT2D eigenvalue weighted by Gasteiger charge is 2.24. The number of alkyl halides is 2. The zero-order chi connectivity index (χ0) is 19.1. The van der Waals surface area contributed by atoms with Crippen LogP contribution < -0.4 is 15.4 Å². The van der Waals surface area contributed by atoms with Gasteiger partial charge in [0.1, 0.15) is 11.5 Å². The van der Waals surface area contributed by atoms with E-state index in [0.29, 0.717) is 17.3 Å². The molecule has 3 rings (SSSR count). The third-order valence-electron chi connectivity index (χ3n) is 4.50. The van der Waals surface area contributed by atoms with E-state index in [4.69, 9.17) is 16.6 Å². The van der Waals surface area contributed by atoms with Crippen molar-refractivity contribution in [2.75, 3.05) is 25.0 Å². The van der Waals surface area contributed by atoms with Crippen molar-refractivity contribution in [3.8, 4) is 5.75 Å².